The molecule has 0 bridgehead atoms. The Balaban J connectivity index is 1.20. The van der Waals surface area contributed by atoms with E-state index in [-0.39, 0.29) is 50.4 Å². The van der Waals surface area contributed by atoms with Crippen molar-refractivity contribution >= 4 is 35.8 Å². The molecule has 1 aromatic carbocycles. The molecular weight excluding hydrogens is 576 g/mol. The number of nitrogens with one attached hydrogen (secondary N) is 1. The number of fused-ring (bicyclic) bond motifs is 1. The molecule has 236 valence electrons. The molecule has 0 saturated carbocycles. The minimum Gasteiger partial charge on any atom is -0.462 e. The van der Waals surface area contributed by atoms with Crippen LogP contribution < -0.4 is 5.32 Å². The van der Waals surface area contributed by atoms with Crippen molar-refractivity contribution in [1.29, 1.82) is 0 Å². The quantitative estimate of drug-likeness (QED) is 0.231. The van der Waals surface area contributed by atoms with Crippen molar-refractivity contribution in [3.05, 3.63) is 53.1 Å². The van der Waals surface area contributed by atoms with E-state index in [1.807, 2.05) is 0 Å². The van der Waals surface area contributed by atoms with Gasteiger partial charge in [-0.3, -0.25) is 9.59 Å². The number of hydrogen-bond donors (Lipinski definition) is 2. The molecule has 2 amide bonds. The monoisotopic (exact) mass is 612 g/mol. The Morgan fingerprint density at radius 1 is 1.14 bits per heavy atom. The molecule has 1 aliphatic carbocycles. The number of carbonyl (C=O) groups is 5. The molecule has 0 spiro atoms. The highest BCUT2D eigenvalue weighted by Crippen LogP contribution is 2.33. The number of esters is 3. The highest BCUT2D eigenvalue weighted by Gasteiger charge is 2.47. The summed E-state index contributed by atoms with van der Waals surface area (Å²) in [6.07, 6.45) is 2.67. The van der Waals surface area contributed by atoms with E-state index >= 15 is 0 Å². The maximum Gasteiger partial charge on any atom is 0.348 e. The van der Waals surface area contributed by atoms with Crippen LogP contribution in [0, 0.1) is 5.41 Å². The number of benzene rings is 1. The van der Waals surface area contributed by atoms with Crippen LogP contribution in [-0.4, -0.2) is 103 Å². The number of ether oxygens (including phenoxy) is 5. The van der Waals surface area contributed by atoms with Gasteiger partial charge in [0.05, 0.1) is 12.2 Å². The third-order valence-electron chi connectivity index (χ3n) is 8.06. The third-order valence-corrected chi connectivity index (χ3v) is 8.06. The lowest BCUT2D eigenvalue weighted by atomic mass is 9.90. The summed E-state index contributed by atoms with van der Waals surface area (Å²) < 4.78 is 27.4. The zero-order chi connectivity index (χ0) is 31.4. The summed E-state index contributed by atoms with van der Waals surface area (Å²) in [5.41, 5.74) is 0.612. The van der Waals surface area contributed by atoms with Crippen LogP contribution >= 0.6 is 0 Å². The summed E-state index contributed by atoms with van der Waals surface area (Å²) in [6, 6.07) is 5.68. The number of rotatable bonds is 9. The van der Waals surface area contributed by atoms with Gasteiger partial charge in [0.1, 0.15) is 37.8 Å². The molecule has 3 heterocycles. The van der Waals surface area contributed by atoms with E-state index in [1.54, 1.807) is 44.2 Å². The molecule has 3 aliphatic heterocycles. The number of hydrogen-bond acceptors (Lipinski definition) is 11. The lowest BCUT2D eigenvalue weighted by molar-refractivity contribution is -0.159. The van der Waals surface area contributed by atoms with Crippen LogP contribution in [-0.2, 0) is 42.9 Å². The van der Waals surface area contributed by atoms with Gasteiger partial charge in [0.15, 0.2) is 0 Å². The molecule has 1 aromatic rings. The Morgan fingerprint density at radius 2 is 1.91 bits per heavy atom. The smallest absolute Gasteiger partial charge is 0.348 e. The number of aliphatic hydroxyl groups excluding tert-OH is 1. The fourth-order valence-electron chi connectivity index (χ4n) is 5.67. The first-order valence-corrected chi connectivity index (χ1v) is 14.6. The Kier molecular flexibility index (Phi) is 9.47. The molecule has 0 unspecified atom stereocenters. The van der Waals surface area contributed by atoms with Crippen LogP contribution in [0.2, 0.25) is 0 Å². The summed E-state index contributed by atoms with van der Waals surface area (Å²) in [6.45, 7) is 4.02. The first-order chi connectivity index (χ1) is 21.1. The minimum atomic E-state index is -0.982. The van der Waals surface area contributed by atoms with Gasteiger partial charge in [-0.15, -0.1) is 0 Å². The molecule has 2 N–H and O–H groups in total. The van der Waals surface area contributed by atoms with Crippen LogP contribution in [0.4, 0.5) is 0 Å². The van der Waals surface area contributed by atoms with Gasteiger partial charge < -0.3 is 39.0 Å². The van der Waals surface area contributed by atoms with Crippen molar-refractivity contribution in [3.63, 3.8) is 0 Å². The zero-order valence-electron chi connectivity index (χ0n) is 24.6. The highest BCUT2D eigenvalue weighted by molar-refractivity contribution is 5.98. The Hall–Kier alpha value is -4.07. The van der Waals surface area contributed by atoms with Crippen molar-refractivity contribution in [2.75, 3.05) is 33.1 Å². The first kappa shape index (κ1) is 31.4. The number of nitrogens with zero attached hydrogens (tertiary/aromatic N) is 1. The van der Waals surface area contributed by atoms with Crippen molar-refractivity contribution in [3.8, 4) is 0 Å². The second-order valence-electron chi connectivity index (χ2n) is 11.8. The summed E-state index contributed by atoms with van der Waals surface area (Å²) >= 11 is 0. The molecule has 5 rings (SSSR count). The maximum absolute atomic E-state index is 13.5. The average molecular weight is 613 g/mol. The predicted octanol–water partition coefficient (Wildman–Crippen LogP) is 0.891. The van der Waals surface area contributed by atoms with E-state index in [0.29, 0.717) is 30.5 Å². The highest BCUT2D eigenvalue weighted by atomic mass is 16.7. The van der Waals surface area contributed by atoms with E-state index in [0.717, 1.165) is 0 Å². The lowest BCUT2D eigenvalue weighted by Crippen LogP contribution is -2.49. The summed E-state index contributed by atoms with van der Waals surface area (Å²) in [5, 5.41) is 11.7. The van der Waals surface area contributed by atoms with E-state index in [9.17, 15) is 24.0 Å². The number of carbonyl (C=O) groups excluding carboxylic acids is 5. The fourth-order valence-corrected chi connectivity index (χ4v) is 5.67. The normalized spacial score (nSPS) is 27.4. The van der Waals surface area contributed by atoms with Crippen molar-refractivity contribution in [1.82, 2.24) is 10.2 Å². The Bertz CT molecular complexity index is 1350. The van der Waals surface area contributed by atoms with Crippen molar-refractivity contribution in [2.24, 2.45) is 5.41 Å². The molecular formula is C31H36N2O11. The number of likely N-dealkylation sites (tertiary alicyclic amines) is 1. The van der Waals surface area contributed by atoms with Crippen LogP contribution in [0.1, 0.15) is 49.0 Å². The Labute approximate surface area is 254 Å². The van der Waals surface area contributed by atoms with Gasteiger partial charge in [-0.25, -0.2) is 14.4 Å². The van der Waals surface area contributed by atoms with Crippen LogP contribution in [0.25, 0.3) is 6.08 Å². The Morgan fingerprint density at radius 3 is 2.61 bits per heavy atom. The van der Waals surface area contributed by atoms with Gasteiger partial charge in [-0.05, 0) is 42.7 Å². The van der Waals surface area contributed by atoms with Crippen LogP contribution in [0.3, 0.4) is 0 Å². The van der Waals surface area contributed by atoms with Gasteiger partial charge in [-0.1, -0.05) is 26.0 Å². The fraction of sp³-hybridized carbons (Fsp3) is 0.516. The van der Waals surface area contributed by atoms with Gasteiger partial charge in [-0.2, -0.15) is 0 Å². The van der Waals surface area contributed by atoms with Gasteiger partial charge in [0.25, 0.3) is 0 Å². The largest absolute Gasteiger partial charge is 0.462 e. The zero-order valence-corrected chi connectivity index (χ0v) is 24.6. The van der Waals surface area contributed by atoms with E-state index < -0.39 is 53.8 Å². The summed E-state index contributed by atoms with van der Waals surface area (Å²) in [5.74, 6) is -2.55. The van der Waals surface area contributed by atoms with E-state index in [2.05, 4.69) is 5.32 Å². The number of aliphatic hydroxyl groups is 1. The van der Waals surface area contributed by atoms with Gasteiger partial charge >= 0.3 is 17.9 Å². The molecule has 3 fully saturated rings. The van der Waals surface area contributed by atoms with E-state index in [4.69, 9.17) is 28.8 Å². The molecule has 0 aromatic heterocycles. The second kappa shape index (κ2) is 13.3. The standard InChI is InChI=1S/C31H36N2O11/c1-31(2)16-40-30(39)26(31)44-24(35)10-7-18-5-8-19(9-6-18)29(38)43-23-15-20(14-22-25(23)42-17-41-22)28(37)33-12-3-4-21(33)27(36)32-11-13-34/h5-10,14,21-23,25-26,34H,3-4,11-13,15-17H2,1-2H3,(H,32,36)/t21-,22-,23-,25-,26+/m1/s1. The number of cyclic esters (lactones) is 1. The first-order valence-electron chi connectivity index (χ1n) is 14.6. The summed E-state index contributed by atoms with van der Waals surface area (Å²) in [4.78, 5) is 64.8. The number of amides is 2. The topological polar surface area (TPSA) is 167 Å². The average Bonchev–Trinajstić information content (AvgIpc) is 3.75. The van der Waals surface area contributed by atoms with Crippen molar-refractivity contribution < 1.29 is 52.8 Å². The third kappa shape index (κ3) is 6.85. The second-order valence-corrected chi connectivity index (χ2v) is 11.8. The van der Waals surface area contributed by atoms with Gasteiger partial charge in [0, 0.05) is 36.6 Å². The minimum absolute atomic E-state index is 0.0137. The molecule has 0 radical (unpaired) electrons. The molecule has 3 saturated heterocycles. The van der Waals surface area contributed by atoms with E-state index in [1.165, 1.54) is 17.1 Å². The summed E-state index contributed by atoms with van der Waals surface area (Å²) in [7, 11) is 0. The molecule has 13 heteroatoms. The van der Waals surface area contributed by atoms with Crippen LogP contribution in [0.5, 0.6) is 0 Å². The van der Waals surface area contributed by atoms with Crippen molar-refractivity contribution in [2.45, 2.75) is 63.6 Å². The van der Waals surface area contributed by atoms with Crippen LogP contribution in [0.15, 0.2) is 42.0 Å². The predicted molar refractivity (Wildman–Crippen MR) is 151 cm³/mol. The molecule has 44 heavy (non-hydrogen) atoms. The SMILES string of the molecule is CC1(C)COC(=O)[C@@H]1OC(=O)C=Cc1ccc(C(=O)O[C@@H]2CC(C(=O)N3CCC[C@@H]3C(=O)NCCO)=C[C@H]3OCO[C@H]32)cc1. The maximum atomic E-state index is 13.5. The molecule has 5 atom stereocenters. The van der Waals surface area contributed by atoms with Gasteiger partial charge in [0.2, 0.25) is 17.9 Å². The lowest BCUT2D eigenvalue weighted by Gasteiger charge is -2.32. The molecule has 13 nitrogen and oxygen atoms in total. The molecule has 4 aliphatic rings.